The molecule has 2 aliphatic rings. The smallest absolute Gasteiger partial charge is 0.229 e. The number of likely N-dealkylation sites (N-methyl/N-ethyl adjacent to an activating group) is 1. The van der Waals surface area contributed by atoms with Gasteiger partial charge in [-0.3, -0.25) is 4.79 Å². The molecule has 5 rings (SSSR count). The van der Waals surface area contributed by atoms with Crippen molar-refractivity contribution in [2.75, 3.05) is 31.6 Å². The quantitative estimate of drug-likeness (QED) is 0.653. The number of anilines is 1. The molecule has 1 amide bonds. The van der Waals surface area contributed by atoms with E-state index in [0.29, 0.717) is 0 Å². The van der Waals surface area contributed by atoms with E-state index in [9.17, 15) is 4.79 Å². The summed E-state index contributed by atoms with van der Waals surface area (Å²) in [5.41, 5.74) is 1.35. The van der Waals surface area contributed by atoms with Gasteiger partial charge in [-0.1, -0.05) is 54.6 Å². The lowest BCUT2D eigenvalue weighted by molar-refractivity contribution is -0.138. The third-order valence-corrected chi connectivity index (χ3v) is 6.86. The molecule has 2 fully saturated rings. The van der Waals surface area contributed by atoms with Gasteiger partial charge in [0.05, 0.1) is 5.92 Å². The first-order chi connectivity index (χ1) is 14.2. The molecule has 2 saturated heterocycles. The van der Waals surface area contributed by atoms with Gasteiger partial charge in [-0.2, -0.15) is 0 Å². The Labute approximate surface area is 172 Å². The van der Waals surface area contributed by atoms with Crippen molar-refractivity contribution < 1.29 is 4.79 Å². The van der Waals surface area contributed by atoms with Crippen LogP contribution in [0.2, 0.25) is 0 Å². The average molecular weight is 386 g/mol. The van der Waals surface area contributed by atoms with Gasteiger partial charge in [0.2, 0.25) is 5.91 Å². The molecule has 2 aliphatic heterocycles. The molecule has 0 saturated carbocycles. The molecule has 3 aromatic rings. The first-order valence-electron chi connectivity index (χ1n) is 10.5. The Morgan fingerprint density at radius 1 is 0.966 bits per heavy atom. The lowest BCUT2D eigenvalue weighted by atomic mass is 9.67. The summed E-state index contributed by atoms with van der Waals surface area (Å²) in [5, 5.41) is 2.47. The van der Waals surface area contributed by atoms with Crippen LogP contribution in [0.3, 0.4) is 0 Å². The van der Waals surface area contributed by atoms with E-state index in [2.05, 4.69) is 47.4 Å². The van der Waals surface area contributed by atoms with Crippen molar-refractivity contribution in [2.45, 2.75) is 25.2 Å². The highest BCUT2D eigenvalue weighted by Gasteiger charge is 2.45. The highest BCUT2D eigenvalue weighted by atomic mass is 16.2. The van der Waals surface area contributed by atoms with Crippen LogP contribution < -0.4 is 4.90 Å². The molecule has 1 aromatic heterocycles. The minimum atomic E-state index is -0.0165. The highest BCUT2D eigenvalue weighted by molar-refractivity contribution is 5.92. The van der Waals surface area contributed by atoms with Gasteiger partial charge in [-0.05, 0) is 41.7 Å². The van der Waals surface area contributed by atoms with E-state index in [1.165, 1.54) is 10.8 Å². The number of fused-ring (bicyclic) bond motifs is 1. The number of carbonyl (C=O) groups is 1. The van der Waals surface area contributed by atoms with Crippen LogP contribution in [0.1, 0.15) is 30.7 Å². The summed E-state index contributed by atoms with van der Waals surface area (Å²) in [6.45, 7) is 2.85. The maximum atomic E-state index is 12.9. The van der Waals surface area contributed by atoms with Gasteiger partial charge in [0.25, 0.3) is 0 Å². The largest absolute Gasteiger partial charge is 0.356 e. The van der Waals surface area contributed by atoms with Crippen LogP contribution in [0, 0.1) is 5.41 Å². The second kappa shape index (κ2) is 7.18. The topological polar surface area (TPSA) is 36.4 Å². The zero-order chi connectivity index (χ0) is 19.8. The molecular weight excluding hydrogens is 358 g/mol. The number of piperidine rings is 2. The van der Waals surface area contributed by atoms with Crippen LogP contribution in [0.15, 0.2) is 66.9 Å². The molecule has 29 heavy (non-hydrogen) atoms. The van der Waals surface area contributed by atoms with Crippen molar-refractivity contribution in [2.24, 2.45) is 5.41 Å². The summed E-state index contributed by atoms with van der Waals surface area (Å²) in [5.74, 6) is 1.34. The number of hydrogen-bond donors (Lipinski definition) is 0. The van der Waals surface area contributed by atoms with Crippen LogP contribution >= 0.6 is 0 Å². The van der Waals surface area contributed by atoms with E-state index in [1.807, 2.05) is 36.3 Å². The molecule has 148 valence electrons. The Morgan fingerprint density at radius 2 is 1.69 bits per heavy atom. The molecule has 3 heterocycles. The van der Waals surface area contributed by atoms with E-state index in [0.717, 1.165) is 50.3 Å². The van der Waals surface area contributed by atoms with Gasteiger partial charge in [-0.15, -0.1) is 0 Å². The fourth-order valence-corrected chi connectivity index (χ4v) is 5.29. The van der Waals surface area contributed by atoms with E-state index in [1.54, 1.807) is 0 Å². The average Bonchev–Trinajstić information content (AvgIpc) is 2.77. The Morgan fingerprint density at radius 3 is 2.48 bits per heavy atom. The summed E-state index contributed by atoms with van der Waals surface area (Å²) in [6.07, 6.45) is 5.06. The summed E-state index contributed by atoms with van der Waals surface area (Å²) >= 11 is 0. The molecule has 1 atom stereocenters. The number of nitrogens with zero attached hydrogens (tertiary/aromatic N) is 3. The van der Waals surface area contributed by atoms with Crippen molar-refractivity contribution in [3.8, 4) is 0 Å². The lowest BCUT2D eigenvalue weighted by Crippen LogP contribution is -2.53. The van der Waals surface area contributed by atoms with E-state index in [4.69, 9.17) is 4.98 Å². The van der Waals surface area contributed by atoms with E-state index in [-0.39, 0.29) is 17.2 Å². The molecule has 4 nitrogen and oxygen atoms in total. The molecule has 0 unspecified atom stereocenters. The summed E-state index contributed by atoms with van der Waals surface area (Å²) < 4.78 is 0. The minimum absolute atomic E-state index is 0.0165. The number of rotatable bonds is 2. The molecule has 0 N–H and O–H groups in total. The van der Waals surface area contributed by atoms with Crippen LogP contribution in [0.25, 0.3) is 10.8 Å². The number of pyridine rings is 1. The molecule has 0 aliphatic carbocycles. The predicted molar refractivity (Wildman–Crippen MR) is 117 cm³/mol. The number of amides is 1. The molecule has 4 heteroatoms. The number of hydrogen-bond acceptors (Lipinski definition) is 3. The fourth-order valence-electron chi connectivity index (χ4n) is 5.29. The number of aromatic nitrogens is 1. The van der Waals surface area contributed by atoms with Crippen molar-refractivity contribution >= 4 is 22.5 Å². The first kappa shape index (κ1) is 18.2. The van der Waals surface area contributed by atoms with E-state index < -0.39 is 0 Å². The lowest BCUT2D eigenvalue weighted by Gasteiger charge is -2.49. The first-order valence-corrected chi connectivity index (χ1v) is 10.5. The highest BCUT2D eigenvalue weighted by Crippen LogP contribution is 2.46. The summed E-state index contributed by atoms with van der Waals surface area (Å²) in [4.78, 5) is 22.0. The van der Waals surface area contributed by atoms with Crippen molar-refractivity contribution in [1.29, 1.82) is 0 Å². The molecule has 2 aromatic carbocycles. The van der Waals surface area contributed by atoms with Gasteiger partial charge in [0, 0.05) is 38.3 Å². The third kappa shape index (κ3) is 3.27. The zero-order valence-corrected chi connectivity index (χ0v) is 16.9. The second-order valence-corrected chi connectivity index (χ2v) is 8.70. The maximum absolute atomic E-state index is 12.9. The maximum Gasteiger partial charge on any atom is 0.229 e. The summed E-state index contributed by atoms with van der Waals surface area (Å²) in [6, 6.07) is 20.9. The number of likely N-dealkylation sites (tertiary alicyclic amines) is 1. The molecule has 1 spiro atoms. The van der Waals surface area contributed by atoms with Crippen LogP contribution in [0.4, 0.5) is 5.82 Å². The Kier molecular flexibility index (Phi) is 4.50. The normalized spacial score (nSPS) is 21.7. The Balaban J connectivity index is 1.38. The SMILES string of the molecule is CN1CC2(CCN(c3nccc4ccccc34)CC2)C[C@H](c2ccccc2)C1=O. The fraction of sp³-hybridized carbons (Fsp3) is 0.360. The van der Waals surface area contributed by atoms with Crippen LogP contribution in [0.5, 0.6) is 0 Å². The number of benzene rings is 2. The third-order valence-electron chi connectivity index (χ3n) is 6.86. The standard InChI is InChI=1S/C25H27N3O/c1-27-18-25(17-22(24(27)29)19-7-3-2-4-8-19)12-15-28(16-13-25)23-21-10-6-5-9-20(21)11-14-26-23/h2-11,14,22H,12-13,15-18H2,1H3/t22-/m1/s1. The Bertz CT molecular complexity index is 1020. The van der Waals surface area contributed by atoms with Crippen LogP contribution in [-0.2, 0) is 4.79 Å². The monoisotopic (exact) mass is 385 g/mol. The molecular formula is C25H27N3O. The van der Waals surface area contributed by atoms with Gasteiger partial charge in [0.15, 0.2) is 0 Å². The molecule has 0 bridgehead atoms. The molecule has 0 radical (unpaired) electrons. The Hall–Kier alpha value is -2.88. The van der Waals surface area contributed by atoms with Crippen molar-refractivity contribution in [1.82, 2.24) is 9.88 Å². The van der Waals surface area contributed by atoms with Gasteiger partial charge in [-0.25, -0.2) is 4.98 Å². The predicted octanol–water partition coefficient (Wildman–Crippen LogP) is 4.47. The summed E-state index contributed by atoms with van der Waals surface area (Å²) in [7, 11) is 1.97. The van der Waals surface area contributed by atoms with Crippen molar-refractivity contribution in [3.63, 3.8) is 0 Å². The van der Waals surface area contributed by atoms with E-state index >= 15 is 0 Å². The van der Waals surface area contributed by atoms with Gasteiger partial charge in [0.1, 0.15) is 5.82 Å². The number of carbonyl (C=O) groups excluding carboxylic acids is 1. The second-order valence-electron chi connectivity index (χ2n) is 8.70. The van der Waals surface area contributed by atoms with Crippen LogP contribution in [-0.4, -0.2) is 42.5 Å². The minimum Gasteiger partial charge on any atom is -0.356 e. The van der Waals surface area contributed by atoms with Gasteiger partial charge < -0.3 is 9.80 Å². The van der Waals surface area contributed by atoms with Crippen molar-refractivity contribution in [3.05, 3.63) is 72.4 Å². The van der Waals surface area contributed by atoms with Gasteiger partial charge >= 0.3 is 0 Å². The zero-order valence-electron chi connectivity index (χ0n) is 16.9.